The fraction of sp³-hybridized carbons (Fsp3) is 0.538. The Bertz CT molecular complexity index is 1320. The second-order valence-electron chi connectivity index (χ2n) is 10.0. The molecule has 2 aromatic heterocycles. The van der Waals surface area contributed by atoms with Gasteiger partial charge in [-0.05, 0) is 43.7 Å². The highest BCUT2D eigenvalue weighted by molar-refractivity contribution is 5.91. The van der Waals surface area contributed by atoms with E-state index in [0.29, 0.717) is 44.5 Å². The lowest BCUT2D eigenvalue weighted by Gasteiger charge is -2.37. The number of amides is 2. The topological polar surface area (TPSA) is 94.6 Å². The van der Waals surface area contributed by atoms with Crippen molar-refractivity contribution in [1.82, 2.24) is 28.5 Å². The SMILES string of the molecule is COc1ccc2c(c1)n(CC1CCC(C(=O)N3CCN(C(=O)c4nccn4C)CC3)CC1)c(=O)n2C. The van der Waals surface area contributed by atoms with Crippen LogP contribution in [0, 0.1) is 11.8 Å². The van der Waals surface area contributed by atoms with E-state index in [1.165, 1.54) is 0 Å². The fourth-order valence-corrected chi connectivity index (χ4v) is 5.65. The Kier molecular flexibility index (Phi) is 6.59. The van der Waals surface area contributed by atoms with Crippen LogP contribution in [0.2, 0.25) is 0 Å². The first kappa shape index (κ1) is 24.1. The number of nitrogens with zero attached hydrogens (tertiary/aromatic N) is 6. The Morgan fingerprint density at radius 3 is 2.33 bits per heavy atom. The van der Waals surface area contributed by atoms with Crippen molar-refractivity contribution in [3.8, 4) is 5.75 Å². The molecule has 3 aromatic rings. The quantitative estimate of drug-likeness (QED) is 0.540. The van der Waals surface area contributed by atoms with Gasteiger partial charge in [-0.2, -0.15) is 0 Å². The molecule has 5 rings (SSSR count). The third kappa shape index (κ3) is 4.40. The maximum atomic E-state index is 13.2. The highest BCUT2D eigenvalue weighted by atomic mass is 16.5. The number of fused-ring (bicyclic) bond motifs is 1. The van der Waals surface area contributed by atoms with Gasteiger partial charge in [-0.25, -0.2) is 9.78 Å². The molecular formula is C26H34N6O4. The first-order chi connectivity index (χ1) is 17.4. The molecule has 2 amide bonds. The third-order valence-electron chi connectivity index (χ3n) is 7.88. The van der Waals surface area contributed by atoms with Crippen LogP contribution >= 0.6 is 0 Å². The summed E-state index contributed by atoms with van der Waals surface area (Å²) in [5.41, 5.74) is 1.76. The molecule has 0 radical (unpaired) electrons. The molecule has 192 valence electrons. The number of piperazine rings is 1. The first-order valence-corrected chi connectivity index (χ1v) is 12.7. The van der Waals surface area contributed by atoms with Crippen LogP contribution in [-0.4, -0.2) is 73.6 Å². The number of carbonyl (C=O) groups excluding carboxylic acids is 2. The van der Waals surface area contributed by atoms with Crippen molar-refractivity contribution in [2.45, 2.75) is 32.2 Å². The van der Waals surface area contributed by atoms with Gasteiger partial charge in [0.05, 0.1) is 18.1 Å². The molecule has 0 atom stereocenters. The molecule has 36 heavy (non-hydrogen) atoms. The summed E-state index contributed by atoms with van der Waals surface area (Å²) in [4.78, 5) is 46.6. The minimum atomic E-state index is -0.0867. The number of aromatic nitrogens is 4. The minimum absolute atomic E-state index is 0.0161. The summed E-state index contributed by atoms with van der Waals surface area (Å²) in [6.45, 7) is 2.82. The van der Waals surface area contributed by atoms with Gasteiger partial charge >= 0.3 is 5.69 Å². The molecule has 3 heterocycles. The van der Waals surface area contributed by atoms with Gasteiger partial charge in [0.2, 0.25) is 5.91 Å². The lowest BCUT2D eigenvalue weighted by atomic mass is 9.81. The minimum Gasteiger partial charge on any atom is -0.497 e. The molecule has 1 aliphatic carbocycles. The van der Waals surface area contributed by atoms with E-state index in [4.69, 9.17) is 4.74 Å². The normalized spacial score (nSPS) is 20.6. The average Bonchev–Trinajstić information content (AvgIpc) is 3.44. The predicted octanol–water partition coefficient (Wildman–Crippen LogP) is 1.87. The molecule has 0 N–H and O–H groups in total. The summed E-state index contributed by atoms with van der Waals surface area (Å²) in [5.74, 6) is 1.65. The van der Waals surface area contributed by atoms with Gasteiger partial charge < -0.3 is 19.1 Å². The summed E-state index contributed by atoms with van der Waals surface area (Å²) < 4.78 is 10.6. The van der Waals surface area contributed by atoms with Gasteiger partial charge in [-0.15, -0.1) is 0 Å². The zero-order valence-electron chi connectivity index (χ0n) is 21.2. The van der Waals surface area contributed by atoms with Crippen molar-refractivity contribution >= 4 is 22.8 Å². The summed E-state index contributed by atoms with van der Waals surface area (Å²) in [5, 5.41) is 0. The van der Waals surface area contributed by atoms with Crippen molar-refractivity contribution in [3.05, 3.63) is 46.9 Å². The number of hydrogen-bond acceptors (Lipinski definition) is 5. The van der Waals surface area contributed by atoms with Gasteiger partial charge in [0, 0.05) is 71.2 Å². The van der Waals surface area contributed by atoms with Crippen molar-refractivity contribution in [2.75, 3.05) is 33.3 Å². The lowest BCUT2D eigenvalue weighted by Crippen LogP contribution is -2.52. The summed E-state index contributed by atoms with van der Waals surface area (Å²) >= 11 is 0. The van der Waals surface area contributed by atoms with Crippen LogP contribution in [-0.2, 0) is 25.4 Å². The monoisotopic (exact) mass is 494 g/mol. The van der Waals surface area contributed by atoms with Crippen LogP contribution in [0.1, 0.15) is 36.3 Å². The molecule has 1 saturated carbocycles. The fourth-order valence-electron chi connectivity index (χ4n) is 5.65. The first-order valence-electron chi connectivity index (χ1n) is 12.7. The average molecular weight is 495 g/mol. The number of rotatable bonds is 5. The zero-order valence-corrected chi connectivity index (χ0v) is 21.2. The number of hydrogen-bond donors (Lipinski definition) is 0. The number of aryl methyl sites for hydroxylation is 2. The molecule has 10 nitrogen and oxygen atoms in total. The molecule has 1 aromatic carbocycles. The molecule has 0 bridgehead atoms. The second-order valence-corrected chi connectivity index (χ2v) is 10.0. The van der Waals surface area contributed by atoms with Crippen molar-refractivity contribution < 1.29 is 14.3 Å². The van der Waals surface area contributed by atoms with Crippen LogP contribution < -0.4 is 10.4 Å². The summed E-state index contributed by atoms with van der Waals surface area (Å²) in [6.07, 6.45) is 6.88. The molecule has 0 spiro atoms. The van der Waals surface area contributed by atoms with E-state index in [2.05, 4.69) is 4.98 Å². The summed E-state index contributed by atoms with van der Waals surface area (Å²) in [6, 6.07) is 5.71. The number of methoxy groups -OCH3 is 1. The van der Waals surface area contributed by atoms with Crippen LogP contribution in [0.25, 0.3) is 11.0 Å². The Labute approximate surface area is 210 Å². The van der Waals surface area contributed by atoms with Gasteiger partial charge in [-0.1, -0.05) is 0 Å². The van der Waals surface area contributed by atoms with E-state index < -0.39 is 0 Å². The number of ether oxygens (including phenoxy) is 1. The van der Waals surface area contributed by atoms with E-state index in [1.807, 2.05) is 34.7 Å². The zero-order chi connectivity index (χ0) is 25.4. The maximum absolute atomic E-state index is 13.2. The van der Waals surface area contributed by atoms with Gasteiger partial charge in [0.25, 0.3) is 5.91 Å². The lowest BCUT2D eigenvalue weighted by molar-refractivity contribution is -0.138. The highest BCUT2D eigenvalue weighted by Gasteiger charge is 2.33. The van der Waals surface area contributed by atoms with Crippen LogP contribution in [0.4, 0.5) is 0 Å². The van der Waals surface area contributed by atoms with Crippen LogP contribution in [0.3, 0.4) is 0 Å². The Morgan fingerprint density at radius 2 is 1.69 bits per heavy atom. The predicted molar refractivity (Wildman–Crippen MR) is 135 cm³/mol. The van der Waals surface area contributed by atoms with Gasteiger partial charge in [0.1, 0.15) is 5.75 Å². The second kappa shape index (κ2) is 9.83. The van der Waals surface area contributed by atoms with Gasteiger partial charge in [-0.3, -0.25) is 18.7 Å². The van der Waals surface area contributed by atoms with E-state index in [1.54, 1.807) is 40.6 Å². The molecule has 2 aliphatic rings. The Balaban J connectivity index is 1.16. The maximum Gasteiger partial charge on any atom is 0.328 e. The molecular weight excluding hydrogens is 460 g/mol. The summed E-state index contributed by atoms with van der Waals surface area (Å²) in [7, 11) is 5.24. The molecule has 0 unspecified atom stereocenters. The van der Waals surface area contributed by atoms with Crippen molar-refractivity contribution in [1.29, 1.82) is 0 Å². The number of imidazole rings is 2. The van der Waals surface area contributed by atoms with Crippen LogP contribution in [0.5, 0.6) is 5.75 Å². The van der Waals surface area contributed by atoms with Crippen molar-refractivity contribution in [2.24, 2.45) is 25.9 Å². The molecule has 1 aliphatic heterocycles. The van der Waals surface area contributed by atoms with Gasteiger partial charge in [0.15, 0.2) is 5.82 Å². The Morgan fingerprint density at radius 1 is 1.00 bits per heavy atom. The standard InChI is InChI=1S/C26H34N6O4/c1-28-11-10-27-23(28)25(34)31-14-12-30(13-15-31)24(33)19-6-4-18(5-7-19)17-32-22-16-20(36-3)8-9-21(22)29(2)26(32)35/h8-11,16,18-19H,4-7,12-15,17H2,1-3H3. The van der Waals surface area contributed by atoms with E-state index >= 15 is 0 Å². The van der Waals surface area contributed by atoms with E-state index in [0.717, 1.165) is 42.5 Å². The highest BCUT2D eigenvalue weighted by Crippen LogP contribution is 2.32. The molecule has 2 fully saturated rings. The van der Waals surface area contributed by atoms with E-state index in [9.17, 15) is 14.4 Å². The third-order valence-corrected chi connectivity index (χ3v) is 7.88. The smallest absolute Gasteiger partial charge is 0.328 e. The number of benzene rings is 1. The van der Waals surface area contributed by atoms with Crippen molar-refractivity contribution in [3.63, 3.8) is 0 Å². The molecule has 10 heteroatoms. The van der Waals surface area contributed by atoms with E-state index in [-0.39, 0.29) is 23.4 Å². The molecule has 1 saturated heterocycles. The van der Waals surface area contributed by atoms with Crippen LogP contribution in [0.15, 0.2) is 35.4 Å². The largest absolute Gasteiger partial charge is 0.497 e. The Hall–Kier alpha value is -3.56. The number of carbonyl (C=O) groups is 2.